The van der Waals surface area contributed by atoms with Crippen molar-refractivity contribution < 1.29 is 14.3 Å². The highest BCUT2D eigenvalue weighted by molar-refractivity contribution is 7.22. The van der Waals surface area contributed by atoms with Gasteiger partial charge >= 0.3 is 0 Å². The lowest BCUT2D eigenvalue weighted by atomic mass is 9.84. The van der Waals surface area contributed by atoms with Gasteiger partial charge in [-0.05, 0) is 36.1 Å². The maximum Gasteiger partial charge on any atom is 0.263 e. The summed E-state index contributed by atoms with van der Waals surface area (Å²) in [5, 5.41) is 5.99. The fraction of sp³-hybridized carbons (Fsp3) is 0.333. The van der Waals surface area contributed by atoms with Crippen molar-refractivity contribution in [1.29, 1.82) is 0 Å². The molecule has 0 bridgehead atoms. The topological polar surface area (TPSA) is 60.5 Å². The molecule has 0 unspecified atom stereocenters. The molecule has 7 heteroatoms. The molecule has 1 aromatic carbocycles. The van der Waals surface area contributed by atoms with E-state index in [1.54, 1.807) is 11.3 Å². The minimum absolute atomic E-state index is 0.0802. The van der Waals surface area contributed by atoms with Gasteiger partial charge in [0, 0.05) is 12.0 Å². The first kappa shape index (κ1) is 19.0. The molecule has 0 spiro atoms. The highest BCUT2D eigenvalue weighted by Gasteiger charge is 2.25. The first-order valence-corrected chi connectivity index (χ1v) is 10.8. The first-order valence-electron chi connectivity index (χ1n) is 9.14. The van der Waals surface area contributed by atoms with Gasteiger partial charge in [0.05, 0.1) is 10.6 Å². The molecule has 0 radical (unpaired) electrons. The Bertz CT molecular complexity index is 993. The summed E-state index contributed by atoms with van der Waals surface area (Å²) in [7, 11) is 0. The summed E-state index contributed by atoms with van der Waals surface area (Å²) < 4.78 is 11.3. The van der Waals surface area contributed by atoms with Gasteiger partial charge in [-0.3, -0.25) is 4.79 Å². The number of rotatable bonds is 5. The van der Waals surface area contributed by atoms with E-state index in [1.807, 2.05) is 42.6 Å². The third kappa shape index (κ3) is 3.77. The van der Waals surface area contributed by atoms with E-state index in [0.29, 0.717) is 24.6 Å². The molecular weight excluding hydrogens is 392 g/mol. The minimum Gasteiger partial charge on any atom is -0.486 e. The van der Waals surface area contributed by atoms with Gasteiger partial charge < -0.3 is 14.8 Å². The van der Waals surface area contributed by atoms with Crippen molar-refractivity contribution in [3.63, 3.8) is 0 Å². The van der Waals surface area contributed by atoms with Crippen LogP contribution in [0.3, 0.4) is 0 Å². The van der Waals surface area contributed by atoms with Gasteiger partial charge in [0.25, 0.3) is 5.91 Å². The Morgan fingerprint density at radius 1 is 1.21 bits per heavy atom. The van der Waals surface area contributed by atoms with Crippen LogP contribution in [0, 0.1) is 6.92 Å². The van der Waals surface area contributed by atoms with E-state index >= 15 is 0 Å². The van der Waals surface area contributed by atoms with E-state index in [4.69, 9.17) is 9.47 Å². The molecule has 0 fully saturated rings. The van der Waals surface area contributed by atoms with Gasteiger partial charge in [0.15, 0.2) is 11.5 Å². The van der Waals surface area contributed by atoms with Gasteiger partial charge in [0.2, 0.25) is 0 Å². The predicted molar refractivity (Wildman–Crippen MR) is 113 cm³/mol. The van der Waals surface area contributed by atoms with Crippen molar-refractivity contribution in [1.82, 2.24) is 10.3 Å². The van der Waals surface area contributed by atoms with Crippen LogP contribution in [0.25, 0.3) is 9.88 Å². The molecule has 0 saturated carbocycles. The molecule has 5 nitrogen and oxygen atoms in total. The number of ether oxygens (including phenoxy) is 2. The number of thiophene rings is 1. The van der Waals surface area contributed by atoms with Crippen molar-refractivity contribution in [2.24, 2.45) is 0 Å². The molecule has 2 aromatic heterocycles. The lowest BCUT2D eigenvalue weighted by molar-refractivity contribution is 0.0949. The van der Waals surface area contributed by atoms with Crippen molar-refractivity contribution in [2.75, 3.05) is 19.8 Å². The second-order valence-corrected chi connectivity index (χ2v) is 9.28. The summed E-state index contributed by atoms with van der Waals surface area (Å²) in [4.78, 5) is 19.1. The third-order valence-corrected chi connectivity index (χ3v) is 6.94. The van der Waals surface area contributed by atoms with E-state index in [0.717, 1.165) is 32.6 Å². The van der Waals surface area contributed by atoms with Crippen LogP contribution >= 0.6 is 22.7 Å². The van der Waals surface area contributed by atoms with Gasteiger partial charge in [-0.15, -0.1) is 22.7 Å². The van der Waals surface area contributed by atoms with E-state index in [1.165, 1.54) is 11.3 Å². The van der Waals surface area contributed by atoms with Crippen LogP contribution in [0.4, 0.5) is 0 Å². The summed E-state index contributed by atoms with van der Waals surface area (Å²) in [6, 6.07) is 10.00. The van der Waals surface area contributed by atoms with E-state index in [-0.39, 0.29) is 11.3 Å². The number of amides is 1. The zero-order valence-electron chi connectivity index (χ0n) is 16.1. The number of fused-ring (bicyclic) bond motifs is 1. The lowest BCUT2D eigenvalue weighted by Gasteiger charge is -2.27. The smallest absolute Gasteiger partial charge is 0.263 e. The molecule has 0 saturated heterocycles. The van der Waals surface area contributed by atoms with Crippen LogP contribution in [0.2, 0.25) is 0 Å². The molecule has 3 aromatic rings. The monoisotopic (exact) mass is 414 g/mol. The van der Waals surface area contributed by atoms with Crippen LogP contribution in [0.15, 0.2) is 35.7 Å². The molecule has 1 amide bonds. The molecule has 3 heterocycles. The molecule has 1 aliphatic rings. The van der Waals surface area contributed by atoms with E-state index in [2.05, 4.69) is 24.1 Å². The quantitative estimate of drug-likeness (QED) is 0.660. The lowest BCUT2D eigenvalue weighted by Crippen LogP contribution is -2.36. The van der Waals surface area contributed by atoms with Crippen LogP contribution in [0.1, 0.15) is 34.8 Å². The number of thiazole rings is 1. The Morgan fingerprint density at radius 3 is 2.75 bits per heavy atom. The molecule has 0 aliphatic carbocycles. The molecule has 4 rings (SSSR count). The first-order chi connectivity index (χ1) is 13.4. The summed E-state index contributed by atoms with van der Waals surface area (Å²) in [5.41, 5.74) is 1.61. The average Bonchev–Trinajstić information content (AvgIpc) is 3.35. The summed E-state index contributed by atoms with van der Waals surface area (Å²) in [5.74, 6) is 1.46. The van der Waals surface area contributed by atoms with Crippen LogP contribution < -0.4 is 14.8 Å². The zero-order chi connectivity index (χ0) is 19.7. The van der Waals surface area contributed by atoms with Crippen LogP contribution in [-0.4, -0.2) is 30.6 Å². The number of aryl methyl sites for hydroxylation is 1. The second-order valence-electron chi connectivity index (χ2n) is 7.34. The van der Waals surface area contributed by atoms with Crippen molar-refractivity contribution in [3.05, 3.63) is 51.8 Å². The molecule has 0 atom stereocenters. The van der Waals surface area contributed by atoms with E-state index in [9.17, 15) is 4.79 Å². The molecule has 1 N–H and O–H groups in total. The Labute approximate surface area is 172 Å². The average molecular weight is 415 g/mol. The highest BCUT2D eigenvalue weighted by atomic mass is 32.1. The zero-order valence-corrected chi connectivity index (χ0v) is 17.7. The fourth-order valence-corrected chi connectivity index (χ4v) is 4.84. The number of nitrogens with one attached hydrogen (secondary N) is 1. The third-order valence-electron chi connectivity index (χ3n) is 4.75. The maximum atomic E-state index is 12.8. The Hall–Kier alpha value is -2.38. The normalized spacial score (nSPS) is 13.4. The SMILES string of the molecule is Cc1nc(-c2cccs2)sc1C(=O)NCC(C)(C)c1ccc2c(c1)OCCO2. The number of carbonyl (C=O) groups excluding carboxylic acids is 1. The Balaban J connectivity index is 1.47. The van der Waals surface area contributed by atoms with Gasteiger partial charge in [-0.2, -0.15) is 0 Å². The maximum absolute atomic E-state index is 12.8. The summed E-state index contributed by atoms with van der Waals surface area (Å²) >= 11 is 3.07. The van der Waals surface area contributed by atoms with Gasteiger partial charge in [-0.25, -0.2) is 4.98 Å². The number of nitrogens with zero attached hydrogens (tertiary/aromatic N) is 1. The van der Waals surface area contributed by atoms with Crippen LogP contribution in [-0.2, 0) is 5.41 Å². The van der Waals surface area contributed by atoms with Crippen molar-refractivity contribution in [3.8, 4) is 21.4 Å². The van der Waals surface area contributed by atoms with Gasteiger partial charge in [-0.1, -0.05) is 26.0 Å². The highest BCUT2D eigenvalue weighted by Crippen LogP contribution is 2.35. The second kappa shape index (κ2) is 7.56. The van der Waals surface area contributed by atoms with Crippen molar-refractivity contribution >= 4 is 28.6 Å². The minimum atomic E-state index is -0.249. The standard InChI is InChI=1S/C21H22N2O3S2/c1-13-18(28-20(23-13)17-5-4-10-27-17)19(24)22-12-21(2,3)14-6-7-15-16(11-14)26-9-8-25-15/h4-7,10-11H,8-9,12H2,1-3H3,(H,22,24). The number of benzene rings is 1. The number of hydrogen-bond donors (Lipinski definition) is 1. The Kier molecular flexibility index (Phi) is 5.12. The largest absolute Gasteiger partial charge is 0.486 e. The predicted octanol–water partition coefficient (Wildman–Crippen LogP) is 4.66. The number of carbonyl (C=O) groups is 1. The molecule has 28 heavy (non-hydrogen) atoms. The summed E-state index contributed by atoms with van der Waals surface area (Å²) in [6.07, 6.45) is 0. The van der Waals surface area contributed by atoms with Crippen molar-refractivity contribution in [2.45, 2.75) is 26.2 Å². The fourth-order valence-electron chi connectivity index (χ4n) is 3.06. The molecule has 146 valence electrons. The molecule has 1 aliphatic heterocycles. The number of hydrogen-bond acceptors (Lipinski definition) is 6. The van der Waals surface area contributed by atoms with Gasteiger partial charge in [0.1, 0.15) is 23.1 Å². The molecular formula is C21H22N2O3S2. The van der Waals surface area contributed by atoms with Crippen LogP contribution in [0.5, 0.6) is 11.5 Å². The Morgan fingerprint density at radius 2 is 2.00 bits per heavy atom. The number of aromatic nitrogens is 1. The summed E-state index contributed by atoms with van der Waals surface area (Å²) in [6.45, 7) is 7.74. The van der Waals surface area contributed by atoms with E-state index < -0.39 is 0 Å².